The second-order valence-corrected chi connectivity index (χ2v) is 5.31. The fraction of sp³-hybridized carbons (Fsp3) is 0.158. The maximum atomic E-state index is 5.97. The molecule has 0 radical (unpaired) electrons. The van der Waals surface area contributed by atoms with E-state index in [-0.39, 0.29) is 0 Å². The number of imidazole rings is 1. The molecule has 0 aliphatic carbocycles. The van der Waals surface area contributed by atoms with Gasteiger partial charge in [0.2, 0.25) is 5.95 Å². The summed E-state index contributed by atoms with van der Waals surface area (Å²) in [6, 6.07) is 17.7. The number of ether oxygens (including phenoxy) is 1. The summed E-state index contributed by atoms with van der Waals surface area (Å²) in [7, 11) is 0. The second-order valence-electron chi connectivity index (χ2n) is 5.31. The predicted octanol–water partition coefficient (Wildman–Crippen LogP) is 3.80. The first-order valence-electron chi connectivity index (χ1n) is 7.94. The number of para-hydroxylation sites is 1. The fourth-order valence-electron chi connectivity index (χ4n) is 2.34. The van der Waals surface area contributed by atoms with E-state index in [2.05, 4.69) is 17.0 Å². The van der Waals surface area contributed by atoms with Gasteiger partial charge in [0.25, 0.3) is 0 Å². The minimum atomic E-state index is 0.345. The molecule has 0 saturated carbocycles. The van der Waals surface area contributed by atoms with E-state index in [0.29, 0.717) is 12.6 Å². The van der Waals surface area contributed by atoms with E-state index in [4.69, 9.17) is 10.5 Å². The van der Waals surface area contributed by atoms with Crippen molar-refractivity contribution in [3.8, 4) is 17.0 Å². The summed E-state index contributed by atoms with van der Waals surface area (Å²) in [5.41, 5.74) is 8.72. The predicted molar refractivity (Wildman–Crippen MR) is 97.3 cm³/mol. The SMILES string of the molecule is CCCOc1ccccc1C=Nn1c(-c2ccccc2)cnc1N. The number of rotatable bonds is 6. The van der Waals surface area contributed by atoms with Gasteiger partial charge < -0.3 is 10.5 Å². The number of aromatic nitrogens is 2. The number of nitrogens with two attached hydrogens (primary N) is 1. The van der Waals surface area contributed by atoms with Gasteiger partial charge in [-0.3, -0.25) is 0 Å². The standard InChI is InChI=1S/C19H20N4O/c1-2-12-24-18-11-7-6-10-16(18)13-22-23-17(14-21-19(23)20)15-8-4-3-5-9-15/h3-11,13-14H,2,12H2,1H3,(H2,20,21). The Balaban J connectivity index is 1.92. The molecule has 5 heteroatoms. The Kier molecular flexibility index (Phi) is 4.91. The molecule has 5 nitrogen and oxygen atoms in total. The molecule has 0 aliphatic heterocycles. The molecule has 24 heavy (non-hydrogen) atoms. The summed E-state index contributed by atoms with van der Waals surface area (Å²) in [5.74, 6) is 1.15. The first-order chi connectivity index (χ1) is 11.8. The van der Waals surface area contributed by atoms with Crippen molar-refractivity contribution in [2.75, 3.05) is 12.3 Å². The van der Waals surface area contributed by atoms with Crippen LogP contribution in [0.3, 0.4) is 0 Å². The van der Waals surface area contributed by atoms with Gasteiger partial charge >= 0.3 is 0 Å². The van der Waals surface area contributed by atoms with Gasteiger partial charge in [0.1, 0.15) is 5.75 Å². The van der Waals surface area contributed by atoms with Gasteiger partial charge in [0.05, 0.1) is 24.7 Å². The highest BCUT2D eigenvalue weighted by molar-refractivity contribution is 5.83. The van der Waals surface area contributed by atoms with Crippen molar-refractivity contribution in [2.24, 2.45) is 5.10 Å². The van der Waals surface area contributed by atoms with Gasteiger partial charge in [0, 0.05) is 11.1 Å². The summed E-state index contributed by atoms with van der Waals surface area (Å²) >= 11 is 0. The molecule has 0 unspecified atom stereocenters. The van der Waals surface area contributed by atoms with Crippen molar-refractivity contribution in [1.82, 2.24) is 9.66 Å². The third-order valence-corrected chi connectivity index (χ3v) is 3.53. The molecule has 1 heterocycles. The summed E-state index contributed by atoms with van der Waals surface area (Å²) < 4.78 is 7.38. The average Bonchev–Trinajstić information content (AvgIpc) is 3.00. The first kappa shape index (κ1) is 15.8. The highest BCUT2D eigenvalue weighted by Crippen LogP contribution is 2.22. The zero-order valence-corrected chi connectivity index (χ0v) is 13.6. The van der Waals surface area contributed by atoms with E-state index in [0.717, 1.165) is 29.0 Å². The lowest BCUT2D eigenvalue weighted by molar-refractivity contribution is 0.317. The van der Waals surface area contributed by atoms with Gasteiger partial charge in [-0.25, -0.2) is 4.98 Å². The van der Waals surface area contributed by atoms with Crippen molar-refractivity contribution >= 4 is 12.2 Å². The molecule has 1 aromatic heterocycles. The monoisotopic (exact) mass is 320 g/mol. The van der Waals surface area contributed by atoms with Crippen molar-refractivity contribution < 1.29 is 4.74 Å². The molecule has 0 atom stereocenters. The van der Waals surface area contributed by atoms with Crippen LogP contribution in [0, 0.1) is 0 Å². The molecular formula is C19H20N4O. The summed E-state index contributed by atoms with van der Waals surface area (Å²) in [6.07, 6.45) is 4.43. The van der Waals surface area contributed by atoms with E-state index in [9.17, 15) is 0 Å². The van der Waals surface area contributed by atoms with Gasteiger partial charge in [-0.15, -0.1) is 0 Å². The second kappa shape index (κ2) is 7.46. The van der Waals surface area contributed by atoms with Gasteiger partial charge in [-0.2, -0.15) is 9.78 Å². The smallest absolute Gasteiger partial charge is 0.221 e. The molecule has 122 valence electrons. The Morgan fingerprint density at radius 3 is 2.67 bits per heavy atom. The van der Waals surface area contributed by atoms with Gasteiger partial charge in [-0.05, 0) is 18.6 Å². The van der Waals surface area contributed by atoms with Gasteiger partial charge in [0.15, 0.2) is 0 Å². The van der Waals surface area contributed by atoms with Gasteiger partial charge in [-0.1, -0.05) is 49.4 Å². The Morgan fingerprint density at radius 2 is 1.88 bits per heavy atom. The highest BCUT2D eigenvalue weighted by Gasteiger charge is 2.08. The Hall–Kier alpha value is -3.08. The van der Waals surface area contributed by atoms with E-state index < -0.39 is 0 Å². The lowest BCUT2D eigenvalue weighted by atomic mass is 10.2. The normalized spacial score (nSPS) is 11.0. The van der Waals surface area contributed by atoms with Crippen molar-refractivity contribution in [3.63, 3.8) is 0 Å². The third-order valence-electron chi connectivity index (χ3n) is 3.53. The molecule has 3 rings (SSSR count). The molecule has 0 bridgehead atoms. The van der Waals surface area contributed by atoms with Crippen LogP contribution < -0.4 is 10.5 Å². The molecule has 2 N–H and O–H groups in total. The molecule has 2 aromatic carbocycles. The number of anilines is 1. The highest BCUT2D eigenvalue weighted by atomic mass is 16.5. The number of nitrogen functional groups attached to an aromatic ring is 1. The Morgan fingerprint density at radius 1 is 1.12 bits per heavy atom. The minimum absolute atomic E-state index is 0.345. The van der Waals surface area contributed by atoms with Crippen LogP contribution in [0.2, 0.25) is 0 Å². The molecule has 0 spiro atoms. The number of hydrogen-bond donors (Lipinski definition) is 1. The lowest BCUT2D eigenvalue weighted by Crippen LogP contribution is -2.02. The number of hydrogen-bond acceptors (Lipinski definition) is 4. The van der Waals surface area contributed by atoms with E-state index in [1.54, 1.807) is 17.1 Å². The summed E-state index contributed by atoms with van der Waals surface area (Å²) in [4.78, 5) is 4.17. The molecule has 0 saturated heterocycles. The van der Waals surface area contributed by atoms with Crippen LogP contribution in [0.25, 0.3) is 11.3 Å². The Labute approximate surface area is 141 Å². The summed E-state index contributed by atoms with van der Waals surface area (Å²) in [6.45, 7) is 2.75. The zero-order valence-electron chi connectivity index (χ0n) is 13.6. The van der Waals surface area contributed by atoms with E-state index >= 15 is 0 Å². The van der Waals surface area contributed by atoms with Crippen LogP contribution >= 0.6 is 0 Å². The van der Waals surface area contributed by atoms with Crippen LogP contribution in [0.4, 0.5) is 5.95 Å². The largest absolute Gasteiger partial charge is 0.493 e. The summed E-state index contributed by atoms with van der Waals surface area (Å²) in [5, 5.41) is 4.51. The van der Waals surface area contributed by atoms with Crippen LogP contribution in [-0.2, 0) is 0 Å². The molecular weight excluding hydrogens is 300 g/mol. The van der Waals surface area contributed by atoms with Crippen molar-refractivity contribution in [3.05, 3.63) is 66.4 Å². The van der Waals surface area contributed by atoms with Crippen LogP contribution in [0.15, 0.2) is 65.9 Å². The quantitative estimate of drug-likeness (QED) is 0.702. The topological polar surface area (TPSA) is 65.4 Å². The van der Waals surface area contributed by atoms with Crippen LogP contribution in [-0.4, -0.2) is 22.5 Å². The van der Waals surface area contributed by atoms with E-state index in [1.165, 1.54) is 0 Å². The minimum Gasteiger partial charge on any atom is -0.493 e. The maximum Gasteiger partial charge on any atom is 0.221 e. The van der Waals surface area contributed by atoms with Crippen molar-refractivity contribution in [2.45, 2.75) is 13.3 Å². The maximum absolute atomic E-state index is 5.97. The van der Waals surface area contributed by atoms with E-state index in [1.807, 2.05) is 54.6 Å². The average molecular weight is 320 g/mol. The van der Waals surface area contributed by atoms with Crippen molar-refractivity contribution in [1.29, 1.82) is 0 Å². The van der Waals surface area contributed by atoms with Crippen LogP contribution in [0.5, 0.6) is 5.75 Å². The molecule has 0 fully saturated rings. The van der Waals surface area contributed by atoms with Crippen LogP contribution in [0.1, 0.15) is 18.9 Å². The number of nitrogens with zero attached hydrogens (tertiary/aromatic N) is 3. The Bertz CT molecular complexity index is 824. The molecule has 0 aliphatic rings. The molecule has 3 aromatic rings. The fourth-order valence-corrected chi connectivity index (χ4v) is 2.34. The lowest BCUT2D eigenvalue weighted by Gasteiger charge is -2.08. The zero-order chi connectivity index (χ0) is 16.8. The third kappa shape index (κ3) is 3.46. The first-order valence-corrected chi connectivity index (χ1v) is 7.94. The molecule has 0 amide bonds. The number of benzene rings is 2.